The molecule has 0 spiro atoms. The Labute approximate surface area is 188 Å². The highest BCUT2D eigenvalue weighted by Gasteiger charge is 2.22. The lowest BCUT2D eigenvalue weighted by atomic mass is 10.2. The Kier molecular flexibility index (Phi) is 6.58. The van der Waals surface area contributed by atoms with E-state index in [0.717, 1.165) is 42.9 Å². The van der Waals surface area contributed by atoms with E-state index in [1.807, 2.05) is 41.9 Å². The number of nitrogens with zero attached hydrogens (tertiary/aromatic N) is 4. The van der Waals surface area contributed by atoms with Crippen molar-refractivity contribution < 1.29 is 14.3 Å². The number of methoxy groups -OCH3 is 2. The van der Waals surface area contributed by atoms with Gasteiger partial charge in [0.05, 0.1) is 20.8 Å². The van der Waals surface area contributed by atoms with Crippen LogP contribution >= 0.6 is 0 Å². The SMILES string of the molecule is COc1ccc(N(Cc2nc3n(n2)CCCCC3)C(=O)Nc2ccc(C)cc2)cc1OC. The van der Waals surface area contributed by atoms with Crippen LogP contribution in [0.15, 0.2) is 42.5 Å². The molecule has 1 aromatic heterocycles. The van der Waals surface area contributed by atoms with E-state index in [9.17, 15) is 4.79 Å². The first-order chi connectivity index (χ1) is 15.6. The minimum atomic E-state index is -0.272. The zero-order valence-electron chi connectivity index (χ0n) is 18.8. The van der Waals surface area contributed by atoms with Crippen LogP contribution in [0.1, 0.15) is 36.5 Å². The lowest BCUT2D eigenvalue weighted by molar-refractivity contribution is 0.256. The molecule has 0 bridgehead atoms. The molecule has 0 radical (unpaired) electrons. The third-order valence-electron chi connectivity index (χ3n) is 5.59. The molecule has 8 heteroatoms. The zero-order valence-corrected chi connectivity index (χ0v) is 18.8. The molecule has 0 unspecified atom stereocenters. The van der Waals surface area contributed by atoms with Crippen molar-refractivity contribution in [1.82, 2.24) is 14.8 Å². The van der Waals surface area contributed by atoms with Crippen LogP contribution in [0.4, 0.5) is 16.2 Å². The summed E-state index contributed by atoms with van der Waals surface area (Å²) in [6.45, 7) is 3.12. The summed E-state index contributed by atoms with van der Waals surface area (Å²) >= 11 is 0. The Balaban J connectivity index is 1.64. The predicted molar refractivity (Wildman–Crippen MR) is 124 cm³/mol. The molecule has 32 heavy (non-hydrogen) atoms. The van der Waals surface area contributed by atoms with Crippen LogP contribution in [0, 0.1) is 6.92 Å². The van der Waals surface area contributed by atoms with E-state index in [4.69, 9.17) is 14.5 Å². The summed E-state index contributed by atoms with van der Waals surface area (Å²) in [5.74, 6) is 2.76. The zero-order chi connectivity index (χ0) is 22.5. The molecule has 2 aromatic carbocycles. The first-order valence-electron chi connectivity index (χ1n) is 10.9. The van der Waals surface area contributed by atoms with Gasteiger partial charge in [0.2, 0.25) is 0 Å². The minimum Gasteiger partial charge on any atom is -0.493 e. The van der Waals surface area contributed by atoms with E-state index in [2.05, 4.69) is 10.4 Å². The molecule has 8 nitrogen and oxygen atoms in total. The maximum atomic E-state index is 13.3. The number of carbonyl (C=O) groups excluding carboxylic acids is 1. The van der Waals surface area contributed by atoms with Gasteiger partial charge >= 0.3 is 6.03 Å². The molecule has 4 rings (SSSR count). The minimum absolute atomic E-state index is 0.243. The molecule has 2 heterocycles. The van der Waals surface area contributed by atoms with E-state index in [1.165, 1.54) is 6.42 Å². The quantitative estimate of drug-likeness (QED) is 0.613. The number of benzene rings is 2. The molecule has 1 aliphatic rings. The van der Waals surface area contributed by atoms with Gasteiger partial charge in [-0.1, -0.05) is 24.1 Å². The highest BCUT2D eigenvalue weighted by Crippen LogP contribution is 2.32. The predicted octanol–water partition coefficient (Wildman–Crippen LogP) is 4.57. The molecule has 0 atom stereocenters. The highest BCUT2D eigenvalue weighted by molar-refractivity contribution is 6.01. The Morgan fingerprint density at radius 2 is 1.84 bits per heavy atom. The van der Waals surface area contributed by atoms with Crippen LogP contribution < -0.4 is 19.7 Å². The molecule has 1 aliphatic heterocycles. The number of aryl methyl sites for hydroxylation is 3. The molecule has 2 amide bonds. The van der Waals surface area contributed by atoms with Gasteiger partial charge in [-0.05, 0) is 44.0 Å². The van der Waals surface area contributed by atoms with E-state index >= 15 is 0 Å². The van der Waals surface area contributed by atoms with Gasteiger partial charge in [-0.25, -0.2) is 14.5 Å². The van der Waals surface area contributed by atoms with Crippen molar-refractivity contribution in [3.8, 4) is 11.5 Å². The third kappa shape index (κ3) is 4.85. The van der Waals surface area contributed by atoms with E-state index in [1.54, 1.807) is 31.3 Å². The molecule has 168 valence electrons. The number of aromatic nitrogens is 3. The van der Waals surface area contributed by atoms with Gasteiger partial charge in [0.25, 0.3) is 0 Å². The Morgan fingerprint density at radius 1 is 1.06 bits per heavy atom. The number of rotatable bonds is 6. The van der Waals surface area contributed by atoms with Gasteiger partial charge < -0.3 is 14.8 Å². The van der Waals surface area contributed by atoms with Gasteiger partial charge in [0.15, 0.2) is 17.3 Å². The van der Waals surface area contributed by atoms with Gasteiger partial charge in [-0.15, -0.1) is 0 Å². The Morgan fingerprint density at radius 3 is 2.59 bits per heavy atom. The van der Waals surface area contributed by atoms with E-state index in [0.29, 0.717) is 23.0 Å². The molecule has 3 aromatic rings. The summed E-state index contributed by atoms with van der Waals surface area (Å²) in [7, 11) is 3.16. The van der Waals surface area contributed by atoms with Crippen LogP contribution in [0.5, 0.6) is 11.5 Å². The molecule has 1 N–H and O–H groups in total. The summed E-state index contributed by atoms with van der Waals surface area (Å²) in [6.07, 6.45) is 4.32. The van der Waals surface area contributed by atoms with Crippen molar-refractivity contribution in [2.75, 3.05) is 24.4 Å². The lowest BCUT2D eigenvalue weighted by Crippen LogP contribution is -2.35. The van der Waals surface area contributed by atoms with Crippen LogP contribution in [0.25, 0.3) is 0 Å². The average molecular weight is 436 g/mol. The van der Waals surface area contributed by atoms with Crippen LogP contribution in [-0.4, -0.2) is 35.0 Å². The van der Waals surface area contributed by atoms with Crippen molar-refractivity contribution in [2.45, 2.75) is 45.7 Å². The fraction of sp³-hybridized carbons (Fsp3) is 0.375. The first kappa shape index (κ1) is 21.7. The van der Waals surface area contributed by atoms with E-state index < -0.39 is 0 Å². The number of amides is 2. The smallest absolute Gasteiger partial charge is 0.326 e. The van der Waals surface area contributed by atoms with Gasteiger partial charge in [-0.2, -0.15) is 5.10 Å². The molecule has 0 aliphatic carbocycles. The lowest BCUT2D eigenvalue weighted by Gasteiger charge is -2.23. The van der Waals surface area contributed by atoms with Crippen molar-refractivity contribution in [3.63, 3.8) is 0 Å². The summed E-state index contributed by atoms with van der Waals surface area (Å²) in [4.78, 5) is 19.7. The molecular formula is C24H29N5O3. The summed E-state index contributed by atoms with van der Waals surface area (Å²) in [5, 5.41) is 7.66. The van der Waals surface area contributed by atoms with Gasteiger partial charge in [-0.3, -0.25) is 4.90 Å². The second kappa shape index (κ2) is 9.72. The third-order valence-corrected chi connectivity index (χ3v) is 5.59. The average Bonchev–Trinajstić information content (AvgIpc) is 3.06. The summed E-state index contributed by atoms with van der Waals surface area (Å²) < 4.78 is 12.8. The number of carbonyl (C=O) groups is 1. The topological polar surface area (TPSA) is 81.5 Å². The van der Waals surface area contributed by atoms with Gasteiger partial charge in [0, 0.05) is 30.4 Å². The molecular weight excluding hydrogens is 406 g/mol. The number of nitrogens with one attached hydrogen (secondary N) is 1. The van der Waals surface area contributed by atoms with E-state index in [-0.39, 0.29) is 12.6 Å². The van der Waals surface area contributed by atoms with Crippen molar-refractivity contribution in [1.29, 1.82) is 0 Å². The number of hydrogen-bond acceptors (Lipinski definition) is 5. The first-order valence-corrected chi connectivity index (χ1v) is 10.9. The molecule has 0 saturated carbocycles. The fourth-order valence-corrected chi connectivity index (χ4v) is 3.82. The van der Waals surface area contributed by atoms with Crippen molar-refractivity contribution in [2.24, 2.45) is 0 Å². The number of urea groups is 1. The fourth-order valence-electron chi connectivity index (χ4n) is 3.82. The monoisotopic (exact) mass is 435 g/mol. The number of ether oxygens (including phenoxy) is 2. The largest absolute Gasteiger partial charge is 0.493 e. The Bertz CT molecular complexity index is 1050. The highest BCUT2D eigenvalue weighted by atomic mass is 16.5. The van der Waals surface area contributed by atoms with Crippen LogP contribution in [-0.2, 0) is 19.5 Å². The van der Waals surface area contributed by atoms with Crippen molar-refractivity contribution in [3.05, 3.63) is 59.7 Å². The van der Waals surface area contributed by atoms with Crippen molar-refractivity contribution >= 4 is 17.4 Å². The number of anilines is 2. The maximum absolute atomic E-state index is 13.3. The Hall–Kier alpha value is -3.55. The second-order valence-electron chi connectivity index (χ2n) is 7.90. The van der Waals surface area contributed by atoms with Crippen LogP contribution in [0.3, 0.4) is 0 Å². The molecule has 0 fully saturated rings. The van der Waals surface area contributed by atoms with Crippen LogP contribution in [0.2, 0.25) is 0 Å². The maximum Gasteiger partial charge on any atom is 0.326 e. The standard InChI is InChI=1S/C24H29N5O3/c1-17-8-10-18(11-9-17)25-24(30)28(19-12-13-20(31-2)21(15-19)32-3)16-22-26-23-7-5-4-6-14-29(23)27-22/h8-13,15H,4-7,14,16H2,1-3H3,(H,25,30). The number of fused-ring (bicyclic) bond motifs is 1. The second-order valence-corrected chi connectivity index (χ2v) is 7.90. The normalized spacial score (nSPS) is 13.1. The van der Waals surface area contributed by atoms with Gasteiger partial charge in [0.1, 0.15) is 5.82 Å². The summed E-state index contributed by atoms with van der Waals surface area (Å²) in [6, 6.07) is 12.8. The summed E-state index contributed by atoms with van der Waals surface area (Å²) in [5.41, 5.74) is 2.51. The molecule has 0 saturated heterocycles. The number of hydrogen-bond donors (Lipinski definition) is 1.